The minimum atomic E-state index is -0.419. The second-order valence-electron chi connectivity index (χ2n) is 4.77. The fourth-order valence-electron chi connectivity index (χ4n) is 1.97. The highest BCUT2D eigenvalue weighted by atomic mass is 16.2. The lowest BCUT2D eigenvalue weighted by Crippen LogP contribution is -2.46. The molecule has 0 aliphatic carbocycles. The van der Waals surface area contributed by atoms with Crippen molar-refractivity contribution in [1.29, 1.82) is 0 Å². The molecule has 0 radical (unpaired) electrons. The fourth-order valence-corrected chi connectivity index (χ4v) is 1.97. The first-order chi connectivity index (χ1) is 9.99. The number of nitrogens with one attached hydrogen (secondary N) is 2. The molecule has 0 spiro atoms. The lowest BCUT2D eigenvalue weighted by molar-refractivity contribution is -0.125. The Kier molecular flexibility index (Phi) is 6.68. The van der Waals surface area contributed by atoms with Gasteiger partial charge >= 0.3 is 0 Å². The van der Waals surface area contributed by atoms with Crippen LogP contribution < -0.4 is 16.4 Å². The zero-order valence-corrected chi connectivity index (χ0v) is 12.8. The van der Waals surface area contributed by atoms with E-state index in [-0.39, 0.29) is 18.4 Å². The average Bonchev–Trinajstić information content (AvgIpc) is 2.46. The van der Waals surface area contributed by atoms with Gasteiger partial charge in [-0.1, -0.05) is 19.1 Å². The van der Waals surface area contributed by atoms with Crippen molar-refractivity contribution in [2.75, 3.05) is 30.7 Å². The van der Waals surface area contributed by atoms with Gasteiger partial charge in [-0.25, -0.2) is 0 Å². The Bertz CT molecular complexity index is 490. The van der Waals surface area contributed by atoms with Crippen molar-refractivity contribution >= 4 is 23.2 Å². The maximum absolute atomic E-state index is 12.3. The van der Waals surface area contributed by atoms with Gasteiger partial charge in [-0.2, -0.15) is 0 Å². The van der Waals surface area contributed by atoms with Crippen molar-refractivity contribution in [2.24, 2.45) is 0 Å². The smallest absolute Gasteiger partial charge is 0.241 e. The summed E-state index contributed by atoms with van der Waals surface area (Å²) in [6.45, 7) is 6.94. The highest BCUT2D eigenvalue weighted by Gasteiger charge is 2.22. The Morgan fingerprint density at radius 1 is 1.29 bits per heavy atom. The average molecular weight is 292 g/mol. The van der Waals surface area contributed by atoms with E-state index >= 15 is 0 Å². The molecule has 0 heterocycles. The number of hydrogen-bond donors (Lipinski definition) is 3. The van der Waals surface area contributed by atoms with Crippen LogP contribution in [0.5, 0.6) is 0 Å². The Morgan fingerprint density at radius 2 is 1.95 bits per heavy atom. The molecule has 1 unspecified atom stereocenters. The van der Waals surface area contributed by atoms with E-state index < -0.39 is 6.04 Å². The quantitative estimate of drug-likeness (QED) is 0.656. The third-order valence-electron chi connectivity index (χ3n) is 3.27. The minimum Gasteiger partial charge on any atom is -0.397 e. The molecule has 0 saturated carbocycles. The van der Waals surface area contributed by atoms with Gasteiger partial charge in [0.05, 0.1) is 24.0 Å². The van der Waals surface area contributed by atoms with Gasteiger partial charge < -0.3 is 16.4 Å². The van der Waals surface area contributed by atoms with Crippen LogP contribution in [0, 0.1) is 0 Å². The van der Waals surface area contributed by atoms with E-state index in [4.69, 9.17) is 5.73 Å². The van der Waals surface area contributed by atoms with Gasteiger partial charge in [-0.15, -0.1) is 0 Å². The van der Waals surface area contributed by atoms with Crippen molar-refractivity contribution in [3.05, 3.63) is 24.3 Å². The molecule has 1 rings (SSSR count). The molecule has 0 aromatic heterocycles. The van der Waals surface area contributed by atoms with Gasteiger partial charge in [0, 0.05) is 6.54 Å². The van der Waals surface area contributed by atoms with Crippen molar-refractivity contribution < 1.29 is 9.59 Å². The molecule has 6 heteroatoms. The highest BCUT2D eigenvalue weighted by molar-refractivity contribution is 5.97. The number of hydrogen-bond acceptors (Lipinski definition) is 4. The zero-order valence-electron chi connectivity index (χ0n) is 12.8. The second-order valence-corrected chi connectivity index (χ2v) is 4.77. The van der Waals surface area contributed by atoms with E-state index in [1.165, 1.54) is 0 Å². The van der Waals surface area contributed by atoms with Crippen LogP contribution in [-0.2, 0) is 9.59 Å². The number of rotatable bonds is 7. The number of nitrogens with zero attached hydrogens (tertiary/aromatic N) is 1. The normalized spacial score (nSPS) is 12.0. The molecular formula is C15H24N4O2. The van der Waals surface area contributed by atoms with E-state index in [0.717, 1.165) is 0 Å². The monoisotopic (exact) mass is 292 g/mol. The van der Waals surface area contributed by atoms with Crippen LogP contribution in [0.15, 0.2) is 24.3 Å². The van der Waals surface area contributed by atoms with Crippen LogP contribution in [-0.4, -0.2) is 42.4 Å². The number of benzene rings is 1. The third kappa shape index (κ3) is 5.07. The lowest BCUT2D eigenvalue weighted by atomic mass is 10.2. The molecule has 0 saturated heterocycles. The highest BCUT2D eigenvalue weighted by Crippen LogP contribution is 2.17. The summed E-state index contributed by atoms with van der Waals surface area (Å²) in [7, 11) is 0. The predicted octanol–water partition coefficient (Wildman–Crippen LogP) is 1.05. The fraction of sp³-hybridized carbons (Fsp3) is 0.467. The van der Waals surface area contributed by atoms with Crippen LogP contribution >= 0.6 is 0 Å². The molecule has 6 nitrogen and oxygen atoms in total. The van der Waals surface area contributed by atoms with Gasteiger partial charge in [-0.3, -0.25) is 14.5 Å². The third-order valence-corrected chi connectivity index (χ3v) is 3.27. The molecule has 1 aromatic rings. The van der Waals surface area contributed by atoms with Crippen molar-refractivity contribution in [1.82, 2.24) is 10.2 Å². The van der Waals surface area contributed by atoms with Gasteiger partial charge in [0.25, 0.3) is 0 Å². The first kappa shape index (κ1) is 17.0. The van der Waals surface area contributed by atoms with Gasteiger partial charge in [0.2, 0.25) is 11.8 Å². The largest absolute Gasteiger partial charge is 0.397 e. The van der Waals surface area contributed by atoms with E-state index in [1.807, 2.05) is 26.0 Å². The molecule has 0 aliphatic heterocycles. The molecular weight excluding hydrogens is 268 g/mol. The molecule has 1 aromatic carbocycles. The maximum Gasteiger partial charge on any atom is 0.241 e. The summed E-state index contributed by atoms with van der Waals surface area (Å²) < 4.78 is 0. The summed E-state index contributed by atoms with van der Waals surface area (Å²) in [4.78, 5) is 25.7. The topological polar surface area (TPSA) is 87.5 Å². The van der Waals surface area contributed by atoms with Crippen LogP contribution in [0.4, 0.5) is 11.4 Å². The van der Waals surface area contributed by atoms with Gasteiger partial charge in [0.1, 0.15) is 0 Å². The van der Waals surface area contributed by atoms with Crippen LogP contribution in [0.25, 0.3) is 0 Å². The molecule has 4 N–H and O–H groups in total. The molecule has 0 bridgehead atoms. The van der Waals surface area contributed by atoms with E-state index in [2.05, 4.69) is 10.6 Å². The molecule has 0 aliphatic rings. The summed E-state index contributed by atoms with van der Waals surface area (Å²) >= 11 is 0. The lowest BCUT2D eigenvalue weighted by Gasteiger charge is -2.26. The standard InChI is InChI=1S/C15H24N4O2/c1-4-17-14(20)10-19(5-2)11(3)15(21)18-13-9-7-6-8-12(13)16/h6-9,11H,4-5,10,16H2,1-3H3,(H,17,20)(H,18,21). The number of anilines is 2. The van der Waals surface area contributed by atoms with E-state index in [0.29, 0.717) is 24.5 Å². The number of carbonyl (C=O) groups excluding carboxylic acids is 2. The number of nitrogens with two attached hydrogens (primary N) is 1. The Morgan fingerprint density at radius 3 is 2.52 bits per heavy atom. The van der Waals surface area contributed by atoms with Gasteiger partial charge in [-0.05, 0) is 32.5 Å². The van der Waals surface area contributed by atoms with Crippen molar-refractivity contribution in [3.63, 3.8) is 0 Å². The number of para-hydroxylation sites is 2. The number of nitrogen functional groups attached to an aromatic ring is 1. The Hall–Kier alpha value is -2.08. The van der Waals surface area contributed by atoms with Crippen LogP contribution in [0.2, 0.25) is 0 Å². The van der Waals surface area contributed by atoms with Gasteiger partial charge in [0.15, 0.2) is 0 Å². The minimum absolute atomic E-state index is 0.0850. The van der Waals surface area contributed by atoms with E-state index in [9.17, 15) is 9.59 Å². The van der Waals surface area contributed by atoms with Crippen molar-refractivity contribution in [2.45, 2.75) is 26.8 Å². The first-order valence-electron chi connectivity index (χ1n) is 7.15. The number of carbonyl (C=O) groups is 2. The molecule has 0 fully saturated rings. The summed E-state index contributed by atoms with van der Waals surface area (Å²) in [6.07, 6.45) is 0. The number of likely N-dealkylation sites (N-methyl/N-ethyl adjacent to an activating group) is 2. The summed E-state index contributed by atoms with van der Waals surface area (Å²) in [5, 5.41) is 5.52. The van der Waals surface area contributed by atoms with Crippen LogP contribution in [0.1, 0.15) is 20.8 Å². The first-order valence-corrected chi connectivity index (χ1v) is 7.15. The molecule has 116 valence electrons. The molecule has 2 amide bonds. The predicted molar refractivity (Wildman–Crippen MR) is 84.9 cm³/mol. The maximum atomic E-state index is 12.3. The number of amides is 2. The SMILES string of the molecule is CCNC(=O)CN(CC)C(C)C(=O)Nc1ccccc1N. The second kappa shape index (κ2) is 8.26. The molecule has 1 atom stereocenters. The van der Waals surface area contributed by atoms with Crippen molar-refractivity contribution in [3.8, 4) is 0 Å². The van der Waals surface area contributed by atoms with E-state index in [1.54, 1.807) is 24.0 Å². The summed E-state index contributed by atoms with van der Waals surface area (Å²) in [6, 6.07) is 6.68. The van der Waals surface area contributed by atoms with Crippen LogP contribution in [0.3, 0.4) is 0 Å². The Balaban J connectivity index is 2.67. The summed E-state index contributed by atoms with van der Waals surface area (Å²) in [5.41, 5.74) is 6.91. The Labute approximate surface area is 125 Å². The molecule has 21 heavy (non-hydrogen) atoms. The zero-order chi connectivity index (χ0) is 15.8. The summed E-state index contributed by atoms with van der Waals surface area (Å²) in [5.74, 6) is -0.266.